The molecule has 0 atom stereocenters. The molecule has 134 valence electrons. The minimum atomic E-state index is 0.351. The van der Waals surface area contributed by atoms with E-state index in [2.05, 4.69) is 51.1 Å². The zero-order valence-electron chi connectivity index (χ0n) is 15.5. The summed E-state index contributed by atoms with van der Waals surface area (Å²) in [5, 5.41) is 3.37. The largest absolute Gasteiger partial charge is 0.495 e. The third-order valence-corrected chi connectivity index (χ3v) is 4.27. The molecule has 1 aromatic carbocycles. The molecule has 1 aromatic heterocycles. The van der Waals surface area contributed by atoms with E-state index < -0.39 is 0 Å². The number of para-hydroxylation sites is 2. The lowest BCUT2D eigenvalue weighted by Crippen LogP contribution is -2.47. The van der Waals surface area contributed by atoms with E-state index in [0.29, 0.717) is 6.04 Å². The van der Waals surface area contributed by atoms with Gasteiger partial charge in [-0.25, -0.2) is 4.98 Å². The Morgan fingerprint density at radius 2 is 1.72 bits per heavy atom. The number of anilines is 3. The topological polar surface area (TPSA) is 53.5 Å². The highest BCUT2D eigenvalue weighted by Crippen LogP contribution is 2.29. The van der Waals surface area contributed by atoms with Crippen molar-refractivity contribution < 1.29 is 4.74 Å². The van der Waals surface area contributed by atoms with Gasteiger partial charge < -0.3 is 19.9 Å². The third kappa shape index (κ3) is 4.13. The Hall–Kier alpha value is -2.50. The summed E-state index contributed by atoms with van der Waals surface area (Å²) in [4.78, 5) is 13.9. The van der Waals surface area contributed by atoms with Gasteiger partial charge in [0.05, 0.1) is 12.8 Å². The number of methoxy groups -OCH3 is 1. The molecule has 0 amide bonds. The smallest absolute Gasteiger partial charge is 0.227 e. The molecule has 1 fully saturated rings. The molecule has 1 aliphatic rings. The van der Waals surface area contributed by atoms with Crippen molar-refractivity contribution in [3.63, 3.8) is 0 Å². The van der Waals surface area contributed by atoms with Gasteiger partial charge in [0.2, 0.25) is 5.95 Å². The first kappa shape index (κ1) is 17.3. The Balaban J connectivity index is 1.71. The molecule has 0 aliphatic carbocycles. The highest BCUT2D eigenvalue weighted by atomic mass is 16.5. The number of benzene rings is 1. The lowest BCUT2D eigenvalue weighted by Gasteiger charge is -2.36. The molecule has 6 heteroatoms. The number of piperazine rings is 1. The van der Waals surface area contributed by atoms with E-state index in [-0.39, 0.29) is 0 Å². The van der Waals surface area contributed by atoms with Gasteiger partial charge in [-0.2, -0.15) is 4.98 Å². The van der Waals surface area contributed by atoms with Crippen molar-refractivity contribution in [1.29, 1.82) is 0 Å². The quantitative estimate of drug-likeness (QED) is 0.902. The van der Waals surface area contributed by atoms with Gasteiger partial charge in [-0.05, 0) is 32.9 Å². The number of rotatable bonds is 5. The minimum absolute atomic E-state index is 0.351. The molecule has 3 rings (SSSR count). The van der Waals surface area contributed by atoms with Gasteiger partial charge in [0.15, 0.2) is 0 Å². The van der Waals surface area contributed by atoms with Crippen LogP contribution in [0, 0.1) is 6.92 Å². The fraction of sp³-hybridized carbons (Fsp3) is 0.474. The number of hydrogen-bond acceptors (Lipinski definition) is 6. The van der Waals surface area contributed by atoms with Gasteiger partial charge in [-0.1, -0.05) is 12.1 Å². The number of ether oxygens (including phenoxy) is 1. The lowest BCUT2D eigenvalue weighted by molar-refractivity contribution is 0.413. The molecule has 0 saturated carbocycles. The molecule has 0 bridgehead atoms. The van der Waals surface area contributed by atoms with Gasteiger partial charge in [0.1, 0.15) is 11.6 Å². The number of aromatic nitrogens is 2. The van der Waals surface area contributed by atoms with Gasteiger partial charge in [0, 0.05) is 44.0 Å². The summed E-state index contributed by atoms with van der Waals surface area (Å²) in [5.74, 6) is 2.62. The molecule has 25 heavy (non-hydrogen) atoms. The summed E-state index contributed by atoms with van der Waals surface area (Å²) in [6, 6.07) is 10.5. The number of nitrogens with one attached hydrogen (secondary N) is 1. The predicted octanol–water partition coefficient (Wildman–Crippen LogP) is 2.94. The van der Waals surface area contributed by atoms with Crippen molar-refractivity contribution in [3.8, 4) is 5.75 Å². The second-order valence-electron chi connectivity index (χ2n) is 6.64. The first-order valence-corrected chi connectivity index (χ1v) is 8.82. The normalized spacial score (nSPS) is 14.8. The van der Waals surface area contributed by atoms with E-state index in [1.807, 2.05) is 25.1 Å². The van der Waals surface area contributed by atoms with Crippen molar-refractivity contribution >= 4 is 17.5 Å². The maximum Gasteiger partial charge on any atom is 0.227 e. The van der Waals surface area contributed by atoms with Crippen LogP contribution in [0.15, 0.2) is 30.3 Å². The summed E-state index contributed by atoms with van der Waals surface area (Å²) in [6.45, 7) is 9.87. The standard InChI is InChI=1S/C19H27N5O/c1-14(2)20-18-13-15(3)21-19(22-18)24-11-9-23(10-12-24)16-7-5-6-8-17(16)25-4/h5-8,13-14H,9-12H2,1-4H3,(H,20,21,22). The molecule has 6 nitrogen and oxygen atoms in total. The monoisotopic (exact) mass is 341 g/mol. The van der Waals surface area contributed by atoms with Crippen LogP contribution in [-0.4, -0.2) is 49.3 Å². The SMILES string of the molecule is COc1ccccc1N1CCN(c2nc(C)cc(NC(C)C)n2)CC1. The average Bonchev–Trinajstić information content (AvgIpc) is 2.61. The van der Waals surface area contributed by atoms with Crippen molar-refractivity contribution in [2.45, 2.75) is 26.8 Å². The van der Waals surface area contributed by atoms with Gasteiger partial charge in [-0.3, -0.25) is 0 Å². The highest BCUT2D eigenvalue weighted by Gasteiger charge is 2.21. The van der Waals surface area contributed by atoms with Crippen LogP contribution in [0.25, 0.3) is 0 Å². The second kappa shape index (κ2) is 7.59. The molecule has 0 unspecified atom stereocenters. The minimum Gasteiger partial charge on any atom is -0.495 e. The summed E-state index contributed by atoms with van der Waals surface area (Å²) >= 11 is 0. The van der Waals surface area contributed by atoms with Gasteiger partial charge in [-0.15, -0.1) is 0 Å². The summed E-state index contributed by atoms with van der Waals surface area (Å²) < 4.78 is 5.49. The molecular weight excluding hydrogens is 314 g/mol. The Kier molecular flexibility index (Phi) is 5.26. The van der Waals surface area contributed by atoms with Crippen LogP contribution >= 0.6 is 0 Å². The average molecular weight is 341 g/mol. The first-order valence-electron chi connectivity index (χ1n) is 8.82. The van der Waals surface area contributed by atoms with E-state index in [1.54, 1.807) is 7.11 Å². The Morgan fingerprint density at radius 3 is 2.40 bits per heavy atom. The van der Waals surface area contributed by atoms with Crippen molar-refractivity contribution in [2.75, 3.05) is 48.4 Å². The van der Waals surface area contributed by atoms with Crippen LogP contribution in [0.4, 0.5) is 17.5 Å². The fourth-order valence-corrected chi connectivity index (χ4v) is 3.10. The summed E-state index contributed by atoms with van der Waals surface area (Å²) in [5.41, 5.74) is 2.14. The maximum absolute atomic E-state index is 5.49. The van der Waals surface area contributed by atoms with Crippen molar-refractivity contribution in [2.24, 2.45) is 0 Å². The van der Waals surface area contributed by atoms with E-state index in [0.717, 1.165) is 55.1 Å². The lowest BCUT2D eigenvalue weighted by atomic mass is 10.2. The molecule has 2 heterocycles. The summed E-state index contributed by atoms with van der Waals surface area (Å²) in [7, 11) is 1.72. The second-order valence-corrected chi connectivity index (χ2v) is 6.64. The first-order chi connectivity index (χ1) is 12.1. The fourth-order valence-electron chi connectivity index (χ4n) is 3.10. The third-order valence-electron chi connectivity index (χ3n) is 4.27. The van der Waals surface area contributed by atoms with Crippen molar-refractivity contribution in [3.05, 3.63) is 36.0 Å². The van der Waals surface area contributed by atoms with E-state index >= 15 is 0 Å². The van der Waals surface area contributed by atoms with Crippen LogP contribution in [-0.2, 0) is 0 Å². The molecule has 0 radical (unpaired) electrons. The number of aryl methyl sites for hydroxylation is 1. The molecule has 1 aliphatic heterocycles. The Bertz CT molecular complexity index is 711. The molecule has 1 N–H and O–H groups in total. The molecule has 2 aromatic rings. The van der Waals surface area contributed by atoms with E-state index in [4.69, 9.17) is 4.74 Å². The van der Waals surface area contributed by atoms with Gasteiger partial charge in [0.25, 0.3) is 0 Å². The van der Waals surface area contributed by atoms with Crippen LogP contribution in [0.5, 0.6) is 5.75 Å². The van der Waals surface area contributed by atoms with E-state index in [9.17, 15) is 0 Å². The van der Waals surface area contributed by atoms with Crippen molar-refractivity contribution in [1.82, 2.24) is 9.97 Å². The van der Waals surface area contributed by atoms with Crippen LogP contribution < -0.4 is 19.9 Å². The molecule has 1 saturated heterocycles. The van der Waals surface area contributed by atoms with Crippen LogP contribution in [0.1, 0.15) is 19.5 Å². The molecule has 0 spiro atoms. The zero-order chi connectivity index (χ0) is 17.8. The Morgan fingerprint density at radius 1 is 1.04 bits per heavy atom. The summed E-state index contributed by atoms with van der Waals surface area (Å²) in [6.07, 6.45) is 0. The number of hydrogen-bond donors (Lipinski definition) is 1. The van der Waals surface area contributed by atoms with E-state index in [1.165, 1.54) is 0 Å². The van der Waals surface area contributed by atoms with Crippen LogP contribution in [0.2, 0.25) is 0 Å². The number of nitrogens with zero attached hydrogens (tertiary/aromatic N) is 4. The maximum atomic E-state index is 5.49. The predicted molar refractivity (Wildman–Crippen MR) is 103 cm³/mol. The Labute approximate surface area is 149 Å². The van der Waals surface area contributed by atoms with Gasteiger partial charge >= 0.3 is 0 Å². The van der Waals surface area contributed by atoms with Crippen LogP contribution in [0.3, 0.4) is 0 Å². The molecular formula is C19H27N5O. The highest BCUT2D eigenvalue weighted by molar-refractivity contribution is 5.59. The zero-order valence-corrected chi connectivity index (χ0v) is 15.5.